The number of rotatable bonds is 6. The summed E-state index contributed by atoms with van der Waals surface area (Å²) in [5.41, 5.74) is 3.90. The maximum absolute atomic E-state index is 12.8. The second-order valence-electron chi connectivity index (χ2n) is 6.49. The molecule has 140 valence electrons. The Morgan fingerprint density at radius 2 is 1.85 bits per heavy atom. The van der Waals surface area contributed by atoms with Gasteiger partial charge in [-0.25, -0.2) is 0 Å². The average Bonchev–Trinajstić information content (AvgIpc) is 3.03. The number of ketones is 1. The maximum Gasteiger partial charge on any atom is 0.191 e. The highest BCUT2D eigenvalue weighted by Gasteiger charge is 2.21. The molecule has 0 saturated carbocycles. The van der Waals surface area contributed by atoms with Gasteiger partial charge < -0.3 is 9.30 Å². The summed E-state index contributed by atoms with van der Waals surface area (Å²) in [6.07, 6.45) is 0. The van der Waals surface area contributed by atoms with Gasteiger partial charge in [-0.2, -0.15) is 0 Å². The van der Waals surface area contributed by atoms with Crippen molar-refractivity contribution in [1.29, 1.82) is 0 Å². The van der Waals surface area contributed by atoms with Crippen LogP contribution >= 0.6 is 11.8 Å². The normalized spacial score (nSPS) is 12.0. The van der Waals surface area contributed by atoms with Crippen LogP contribution in [0.15, 0.2) is 47.6 Å². The van der Waals surface area contributed by atoms with Crippen LogP contribution in [0.3, 0.4) is 0 Å². The van der Waals surface area contributed by atoms with E-state index in [0.29, 0.717) is 11.0 Å². The first-order valence-electron chi connectivity index (χ1n) is 8.73. The van der Waals surface area contributed by atoms with Crippen LogP contribution in [0.5, 0.6) is 5.75 Å². The van der Waals surface area contributed by atoms with Crippen LogP contribution < -0.4 is 4.74 Å². The van der Waals surface area contributed by atoms with Gasteiger partial charge in [0.2, 0.25) is 0 Å². The number of carbonyl (C=O) groups is 1. The zero-order valence-electron chi connectivity index (χ0n) is 16.2. The highest BCUT2D eigenvalue weighted by Crippen LogP contribution is 2.31. The van der Waals surface area contributed by atoms with Gasteiger partial charge in [0.25, 0.3) is 0 Å². The molecule has 1 heterocycles. The zero-order valence-corrected chi connectivity index (χ0v) is 17.0. The highest BCUT2D eigenvalue weighted by atomic mass is 32.2. The number of hydrogen-bond acceptors (Lipinski definition) is 5. The number of aromatic nitrogens is 3. The van der Waals surface area contributed by atoms with Gasteiger partial charge in [-0.15, -0.1) is 10.2 Å². The third kappa shape index (κ3) is 3.90. The lowest BCUT2D eigenvalue weighted by Gasteiger charge is -2.12. The third-order valence-electron chi connectivity index (χ3n) is 4.63. The summed E-state index contributed by atoms with van der Waals surface area (Å²) in [7, 11) is 3.53. The van der Waals surface area contributed by atoms with E-state index in [0.717, 1.165) is 22.4 Å². The van der Waals surface area contributed by atoms with Crippen molar-refractivity contribution in [2.45, 2.75) is 31.2 Å². The van der Waals surface area contributed by atoms with Crippen LogP contribution in [0, 0.1) is 13.8 Å². The van der Waals surface area contributed by atoms with Crippen molar-refractivity contribution in [2.75, 3.05) is 7.11 Å². The summed E-state index contributed by atoms with van der Waals surface area (Å²) >= 11 is 1.41. The Morgan fingerprint density at radius 3 is 2.56 bits per heavy atom. The molecule has 0 aliphatic heterocycles. The number of aryl methyl sites for hydroxylation is 2. The summed E-state index contributed by atoms with van der Waals surface area (Å²) in [4.78, 5) is 12.8. The summed E-state index contributed by atoms with van der Waals surface area (Å²) in [6, 6.07) is 13.5. The zero-order chi connectivity index (χ0) is 19.6. The second-order valence-corrected chi connectivity index (χ2v) is 7.80. The number of carbonyl (C=O) groups excluding carboxylic acids is 1. The van der Waals surface area contributed by atoms with Crippen molar-refractivity contribution in [1.82, 2.24) is 14.8 Å². The molecule has 3 rings (SSSR count). The standard InChI is InChI=1S/C21H23N3O2S/c1-13-10-11-16(12-14(13)2)19(25)15(3)27-21-23-22-20(24(21)4)17-8-6-7-9-18(17)26-5/h6-12,15H,1-5H3/t15-/m0/s1. The Hall–Kier alpha value is -2.60. The molecule has 1 atom stereocenters. The lowest BCUT2D eigenvalue weighted by molar-refractivity contribution is 0.0993. The van der Waals surface area contributed by atoms with Gasteiger partial charge in [-0.3, -0.25) is 4.79 Å². The molecular formula is C21H23N3O2S. The first-order valence-corrected chi connectivity index (χ1v) is 9.61. The number of ether oxygens (including phenoxy) is 1. The molecule has 0 fully saturated rings. The number of methoxy groups -OCH3 is 1. The van der Waals surface area contributed by atoms with Crippen molar-refractivity contribution in [3.05, 3.63) is 59.2 Å². The van der Waals surface area contributed by atoms with Gasteiger partial charge in [-0.1, -0.05) is 36.0 Å². The fourth-order valence-electron chi connectivity index (χ4n) is 2.82. The molecule has 0 N–H and O–H groups in total. The average molecular weight is 382 g/mol. The quantitative estimate of drug-likeness (QED) is 0.466. The third-order valence-corrected chi connectivity index (χ3v) is 5.76. The Labute approximate surface area is 163 Å². The molecule has 0 saturated heterocycles. The highest BCUT2D eigenvalue weighted by molar-refractivity contribution is 8.00. The molecule has 2 aromatic carbocycles. The number of benzene rings is 2. The van der Waals surface area contributed by atoms with Crippen LogP contribution in [-0.4, -0.2) is 32.9 Å². The number of hydrogen-bond donors (Lipinski definition) is 0. The van der Waals surface area contributed by atoms with E-state index in [1.807, 2.05) is 74.9 Å². The summed E-state index contributed by atoms with van der Waals surface area (Å²) in [6.45, 7) is 5.96. The molecule has 0 aliphatic rings. The molecule has 27 heavy (non-hydrogen) atoms. The van der Waals surface area contributed by atoms with Crippen LogP contribution in [0.25, 0.3) is 11.4 Å². The minimum atomic E-state index is -0.263. The van der Waals surface area contributed by atoms with E-state index in [1.54, 1.807) is 7.11 Å². The number of thioether (sulfide) groups is 1. The van der Waals surface area contributed by atoms with Crippen molar-refractivity contribution in [2.24, 2.45) is 7.05 Å². The fraction of sp³-hybridized carbons (Fsp3) is 0.286. The van der Waals surface area contributed by atoms with Gasteiger partial charge >= 0.3 is 0 Å². The number of nitrogens with zero attached hydrogens (tertiary/aromatic N) is 3. The molecule has 0 radical (unpaired) electrons. The van der Waals surface area contributed by atoms with Crippen molar-refractivity contribution in [3.63, 3.8) is 0 Å². The van der Waals surface area contributed by atoms with Gasteiger partial charge in [0.05, 0.1) is 17.9 Å². The van der Waals surface area contributed by atoms with Crippen LogP contribution in [0.2, 0.25) is 0 Å². The van der Waals surface area contributed by atoms with Crippen LogP contribution in [0.1, 0.15) is 28.4 Å². The lowest BCUT2D eigenvalue weighted by Crippen LogP contribution is -2.14. The summed E-state index contributed by atoms with van der Waals surface area (Å²) < 4.78 is 7.32. The summed E-state index contributed by atoms with van der Waals surface area (Å²) in [5, 5.41) is 9.02. The Kier molecular flexibility index (Phi) is 5.65. The maximum atomic E-state index is 12.8. The molecular weight excluding hydrogens is 358 g/mol. The number of para-hydroxylation sites is 1. The smallest absolute Gasteiger partial charge is 0.191 e. The van der Waals surface area contributed by atoms with Gasteiger partial charge in [-0.05, 0) is 50.1 Å². The molecule has 0 spiro atoms. The summed E-state index contributed by atoms with van der Waals surface area (Å²) in [5.74, 6) is 1.54. The van der Waals surface area contributed by atoms with Crippen molar-refractivity contribution < 1.29 is 9.53 Å². The van der Waals surface area contributed by atoms with E-state index in [1.165, 1.54) is 17.3 Å². The molecule has 0 bridgehead atoms. The van der Waals surface area contributed by atoms with E-state index in [9.17, 15) is 4.79 Å². The predicted molar refractivity (Wildman–Crippen MR) is 109 cm³/mol. The minimum Gasteiger partial charge on any atom is -0.496 e. The van der Waals surface area contributed by atoms with Gasteiger partial charge in [0.1, 0.15) is 5.75 Å². The van der Waals surface area contributed by atoms with Crippen LogP contribution in [-0.2, 0) is 7.05 Å². The largest absolute Gasteiger partial charge is 0.496 e. The van der Waals surface area contributed by atoms with E-state index < -0.39 is 0 Å². The first-order chi connectivity index (χ1) is 12.9. The van der Waals surface area contributed by atoms with Gasteiger partial charge in [0.15, 0.2) is 16.8 Å². The molecule has 0 unspecified atom stereocenters. The van der Waals surface area contributed by atoms with E-state index in [4.69, 9.17) is 4.74 Å². The fourth-order valence-corrected chi connectivity index (χ4v) is 3.71. The van der Waals surface area contributed by atoms with Crippen molar-refractivity contribution in [3.8, 4) is 17.1 Å². The monoisotopic (exact) mass is 381 g/mol. The number of Topliss-reactive ketones (excluding diaryl/α,β-unsaturated/α-hetero) is 1. The second kappa shape index (κ2) is 7.96. The van der Waals surface area contributed by atoms with E-state index in [-0.39, 0.29) is 11.0 Å². The SMILES string of the molecule is COc1ccccc1-c1nnc(S[C@@H](C)C(=O)c2ccc(C)c(C)c2)n1C. The molecule has 0 amide bonds. The molecule has 6 heteroatoms. The van der Waals surface area contributed by atoms with E-state index in [2.05, 4.69) is 10.2 Å². The molecule has 0 aliphatic carbocycles. The topological polar surface area (TPSA) is 57.0 Å². The Morgan fingerprint density at radius 1 is 1.11 bits per heavy atom. The molecule has 3 aromatic rings. The lowest BCUT2D eigenvalue weighted by atomic mass is 10.0. The van der Waals surface area contributed by atoms with Crippen LogP contribution in [0.4, 0.5) is 0 Å². The van der Waals surface area contributed by atoms with Gasteiger partial charge in [0, 0.05) is 12.6 Å². The Balaban J connectivity index is 1.83. The van der Waals surface area contributed by atoms with E-state index >= 15 is 0 Å². The minimum absolute atomic E-state index is 0.0879. The predicted octanol–water partition coefficient (Wildman–Crippen LogP) is 4.47. The molecule has 5 nitrogen and oxygen atoms in total. The Bertz CT molecular complexity index is 981. The molecule has 1 aromatic heterocycles. The van der Waals surface area contributed by atoms with Crippen molar-refractivity contribution >= 4 is 17.5 Å². The first kappa shape index (κ1) is 19.2.